The Balaban J connectivity index is 3.24. The van der Waals surface area contributed by atoms with Crippen molar-refractivity contribution in [2.45, 2.75) is 26.4 Å². The van der Waals surface area contributed by atoms with Gasteiger partial charge in [0.25, 0.3) is 0 Å². The van der Waals surface area contributed by atoms with Crippen molar-refractivity contribution in [3.63, 3.8) is 0 Å². The molecule has 0 aromatic heterocycles. The average molecular weight is 308 g/mol. The van der Waals surface area contributed by atoms with Crippen molar-refractivity contribution in [2.75, 3.05) is 5.73 Å². The first-order valence-corrected chi connectivity index (χ1v) is 5.59. The summed E-state index contributed by atoms with van der Waals surface area (Å²) < 4.78 is 31.3. The van der Waals surface area contributed by atoms with Gasteiger partial charge >= 0.3 is 5.97 Å². The summed E-state index contributed by atoms with van der Waals surface area (Å²) in [6, 6.07) is 0.867. The third-order valence-corrected chi connectivity index (χ3v) is 2.52. The highest BCUT2D eigenvalue weighted by molar-refractivity contribution is 9.10. The zero-order valence-electron chi connectivity index (χ0n) is 9.61. The molecule has 0 saturated heterocycles. The number of anilines is 1. The summed E-state index contributed by atoms with van der Waals surface area (Å²) in [5, 5.41) is 0. The van der Waals surface area contributed by atoms with Gasteiger partial charge in [-0.3, -0.25) is 0 Å². The van der Waals surface area contributed by atoms with Gasteiger partial charge in [0.05, 0.1) is 10.2 Å². The molecule has 3 nitrogen and oxygen atoms in total. The number of hydrogen-bond acceptors (Lipinski definition) is 3. The second-order valence-corrected chi connectivity index (χ2v) is 5.25. The number of nitrogens with two attached hydrogens (primary N) is 1. The van der Waals surface area contributed by atoms with Crippen molar-refractivity contribution in [1.82, 2.24) is 0 Å². The van der Waals surface area contributed by atoms with Crippen LogP contribution in [0.2, 0.25) is 0 Å². The number of hydrogen-bond donors (Lipinski definition) is 1. The Bertz CT molecular complexity index is 470. The van der Waals surface area contributed by atoms with Crippen molar-refractivity contribution in [1.29, 1.82) is 0 Å². The zero-order valence-corrected chi connectivity index (χ0v) is 11.2. The Morgan fingerprint density at radius 3 is 2.41 bits per heavy atom. The van der Waals surface area contributed by atoms with E-state index in [2.05, 4.69) is 15.9 Å². The number of carbonyl (C=O) groups is 1. The summed E-state index contributed by atoms with van der Waals surface area (Å²) in [4.78, 5) is 11.7. The largest absolute Gasteiger partial charge is 0.456 e. The van der Waals surface area contributed by atoms with Gasteiger partial charge in [-0.2, -0.15) is 0 Å². The summed E-state index contributed by atoms with van der Waals surface area (Å²) >= 11 is 2.70. The Kier molecular flexibility index (Phi) is 3.76. The maximum atomic E-state index is 13.7. The minimum Gasteiger partial charge on any atom is -0.456 e. The maximum Gasteiger partial charge on any atom is 0.343 e. The molecule has 17 heavy (non-hydrogen) atoms. The molecule has 0 radical (unpaired) electrons. The molecule has 0 aliphatic rings. The van der Waals surface area contributed by atoms with E-state index in [-0.39, 0.29) is 5.69 Å². The number of rotatable bonds is 1. The van der Waals surface area contributed by atoms with Crippen LogP contribution in [-0.4, -0.2) is 11.6 Å². The van der Waals surface area contributed by atoms with E-state index < -0.39 is 33.2 Å². The number of esters is 1. The monoisotopic (exact) mass is 307 g/mol. The fourth-order valence-corrected chi connectivity index (χ4v) is 1.46. The van der Waals surface area contributed by atoms with Gasteiger partial charge in [-0.1, -0.05) is 0 Å². The predicted octanol–water partition coefficient (Wildman–Crippen LogP) is 3.26. The van der Waals surface area contributed by atoms with Crippen LogP contribution >= 0.6 is 15.9 Å². The predicted molar refractivity (Wildman–Crippen MR) is 63.6 cm³/mol. The molecule has 0 bridgehead atoms. The molecule has 0 amide bonds. The molecular formula is C11H12BrF2NO2. The molecule has 94 valence electrons. The van der Waals surface area contributed by atoms with Crippen molar-refractivity contribution in [2.24, 2.45) is 0 Å². The van der Waals surface area contributed by atoms with Gasteiger partial charge in [-0.15, -0.1) is 0 Å². The number of ether oxygens (including phenoxy) is 1. The molecule has 0 heterocycles. The van der Waals surface area contributed by atoms with Crippen LogP contribution in [0.25, 0.3) is 0 Å². The molecule has 0 spiro atoms. The second kappa shape index (κ2) is 4.60. The molecule has 0 saturated carbocycles. The summed E-state index contributed by atoms with van der Waals surface area (Å²) in [6.07, 6.45) is 0. The first-order chi connectivity index (χ1) is 7.63. The van der Waals surface area contributed by atoms with Crippen LogP contribution in [0.15, 0.2) is 10.5 Å². The summed E-state index contributed by atoms with van der Waals surface area (Å²) in [7, 11) is 0. The van der Waals surface area contributed by atoms with Gasteiger partial charge in [-0.05, 0) is 42.8 Å². The Morgan fingerprint density at radius 1 is 1.41 bits per heavy atom. The Hall–Kier alpha value is -1.17. The quantitative estimate of drug-likeness (QED) is 0.492. The van der Waals surface area contributed by atoms with E-state index in [1.165, 1.54) is 0 Å². The summed E-state index contributed by atoms with van der Waals surface area (Å²) in [6.45, 7) is 4.91. The molecule has 1 aromatic carbocycles. The van der Waals surface area contributed by atoms with E-state index in [1.54, 1.807) is 20.8 Å². The van der Waals surface area contributed by atoms with E-state index in [9.17, 15) is 13.6 Å². The maximum absolute atomic E-state index is 13.7. The minimum absolute atomic E-state index is 0.294. The molecule has 6 heteroatoms. The number of benzene rings is 1. The normalized spacial score (nSPS) is 11.4. The lowest BCUT2D eigenvalue weighted by Gasteiger charge is -2.20. The highest BCUT2D eigenvalue weighted by atomic mass is 79.9. The smallest absolute Gasteiger partial charge is 0.343 e. The number of carbonyl (C=O) groups excluding carboxylic acids is 1. The molecule has 0 fully saturated rings. The SMILES string of the molecule is CC(C)(C)OC(=O)c1c(N)cc(F)c(Br)c1F. The van der Waals surface area contributed by atoms with Gasteiger partial charge in [0.2, 0.25) is 0 Å². The molecule has 0 aliphatic carbocycles. The first-order valence-electron chi connectivity index (χ1n) is 4.80. The van der Waals surface area contributed by atoms with Gasteiger partial charge in [-0.25, -0.2) is 13.6 Å². The van der Waals surface area contributed by atoms with E-state index in [0.29, 0.717) is 0 Å². The first kappa shape index (κ1) is 13.9. The van der Waals surface area contributed by atoms with Gasteiger partial charge in [0.15, 0.2) is 5.82 Å². The zero-order chi connectivity index (χ0) is 13.4. The molecule has 0 aliphatic heterocycles. The van der Waals surface area contributed by atoms with Crippen LogP contribution in [0, 0.1) is 11.6 Å². The van der Waals surface area contributed by atoms with E-state index in [0.717, 1.165) is 6.07 Å². The van der Waals surface area contributed by atoms with Crippen LogP contribution in [0.3, 0.4) is 0 Å². The Labute approximate surface area is 106 Å². The fraction of sp³-hybridized carbons (Fsp3) is 0.364. The highest BCUT2D eigenvalue weighted by Crippen LogP contribution is 2.28. The lowest BCUT2D eigenvalue weighted by Crippen LogP contribution is -2.25. The van der Waals surface area contributed by atoms with Crippen molar-refractivity contribution in [3.05, 3.63) is 27.7 Å². The lowest BCUT2D eigenvalue weighted by molar-refractivity contribution is 0.00658. The Morgan fingerprint density at radius 2 is 1.94 bits per heavy atom. The van der Waals surface area contributed by atoms with Crippen LogP contribution in [-0.2, 0) is 4.74 Å². The van der Waals surface area contributed by atoms with Crippen molar-refractivity contribution >= 4 is 27.6 Å². The molecule has 0 atom stereocenters. The standard InChI is InChI=1S/C11H12BrF2NO2/c1-11(2,3)17-10(16)7-6(15)4-5(13)8(12)9(7)14/h4H,15H2,1-3H3. The van der Waals surface area contributed by atoms with Crippen LogP contribution in [0.5, 0.6) is 0 Å². The number of nitrogen functional groups attached to an aromatic ring is 1. The second-order valence-electron chi connectivity index (χ2n) is 4.45. The molecule has 0 unspecified atom stereocenters. The van der Waals surface area contributed by atoms with Crippen LogP contribution < -0.4 is 5.73 Å². The van der Waals surface area contributed by atoms with Gasteiger partial charge in [0.1, 0.15) is 17.0 Å². The number of halogens is 3. The average Bonchev–Trinajstić information content (AvgIpc) is 2.11. The molecule has 2 N–H and O–H groups in total. The van der Waals surface area contributed by atoms with Crippen molar-refractivity contribution in [3.8, 4) is 0 Å². The topological polar surface area (TPSA) is 52.3 Å². The molecular weight excluding hydrogens is 296 g/mol. The summed E-state index contributed by atoms with van der Waals surface area (Å²) in [5.74, 6) is -2.85. The third-order valence-electron chi connectivity index (χ3n) is 1.80. The molecule has 1 rings (SSSR count). The highest BCUT2D eigenvalue weighted by Gasteiger charge is 2.26. The van der Waals surface area contributed by atoms with Crippen molar-refractivity contribution < 1.29 is 18.3 Å². The van der Waals surface area contributed by atoms with E-state index in [4.69, 9.17) is 10.5 Å². The van der Waals surface area contributed by atoms with Gasteiger partial charge < -0.3 is 10.5 Å². The van der Waals surface area contributed by atoms with Gasteiger partial charge in [0, 0.05) is 0 Å². The minimum atomic E-state index is -1.06. The van der Waals surface area contributed by atoms with E-state index in [1.807, 2.05) is 0 Å². The summed E-state index contributed by atoms with van der Waals surface area (Å²) in [5.41, 5.74) is 3.87. The van der Waals surface area contributed by atoms with E-state index >= 15 is 0 Å². The molecule has 1 aromatic rings. The van der Waals surface area contributed by atoms with Crippen LogP contribution in [0.4, 0.5) is 14.5 Å². The van der Waals surface area contributed by atoms with Crippen LogP contribution in [0.1, 0.15) is 31.1 Å². The third kappa shape index (κ3) is 3.15. The lowest BCUT2D eigenvalue weighted by atomic mass is 10.1. The fourth-order valence-electron chi connectivity index (χ4n) is 1.15.